The Hall–Kier alpha value is -1.95. The Morgan fingerprint density at radius 2 is 2.18 bits per heavy atom. The zero-order chi connectivity index (χ0) is 16.1. The summed E-state index contributed by atoms with van der Waals surface area (Å²) < 4.78 is 19.7. The molecule has 2 unspecified atom stereocenters. The van der Waals surface area contributed by atoms with Crippen LogP contribution in [0.3, 0.4) is 0 Å². The van der Waals surface area contributed by atoms with E-state index >= 15 is 0 Å². The Labute approximate surface area is 128 Å². The maximum atomic E-state index is 12.9. The number of Topliss-reactive ketones (excluding diaryl/α,β-unsaturated/α-hetero) is 1. The molecule has 0 amide bonds. The number of nitrogens with zero attached hydrogens (tertiary/aromatic N) is 2. The molecule has 1 aliphatic rings. The highest BCUT2D eigenvalue weighted by atomic mass is 19.1. The molecule has 0 radical (unpaired) electrons. The van der Waals surface area contributed by atoms with E-state index < -0.39 is 6.48 Å². The Morgan fingerprint density at radius 1 is 1.45 bits per heavy atom. The molecule has 6 heteroatoms. The van der Waals surface area contributed by atoms with Crippen LogP contribution in [0.15, 0.2) is 18.3 Å². The largest absolute Gasteiger partial charge is 0.444 e. The van der Waals surface area contributed by atoms with Crippen LogP contribution in [0.5, 0.6) is 5.75 Å². The first-order valence-corrected chi connectivity index (χ1v) is 7.37. The van der Waals surface area contributed by atoms with Crippen molar-refractivity contribution in [2.24, 2.45) is 17.1 Å². The van der Waals surface area contributed by atoms with Crippen molar-refractivity contribution in [2.45, 2.75) is 40.1 Å². The summed E-state index contributed by atoms with van der Waals surface area (Å²) in [6.45, 7) is 4.49. The number of pyridine rings is 1. The number of halogens is 1. The first-order chi connectivity index (χ1) is 10.3. The molecule has 0 saturated heterocycles. The lowest BCUT2D eigenvalue weighted by molar-refractivity contribution is 0.0752. The molecule has 3 rings (SSSR count). The number of hydrogen-bond acceptors (Lipinski definition) is 4. The number of aromatic nitrogens is 2. The van der Waals surface area contributed by atoms with E-state index in [4.69, 9.17) is 10.5 Å². The van der Waals surface area contributed by atoms with E-state index in [0.29, 0.717) is 17.8 Å². The lowest BCUT2D eigenvalue weighted by Crippen LogP contribution is -2.30. The standard InChI is InChI=1S/C16H20FN3O2/c1-16(2,3)9-7-10-13(11(21)8-9)19-14-12(22-15(17)18)5-4-6-20(10)14/h4-6,9,15H,7-8,18H2,1-3H3. The lowest BCUT2D eigenvalue weighted by atomic mass is 9.72. The average molecular weight is 305 g/mol. The zero-order valence-corrected chi connectivity index (χ0v) is 13.0. The van der Waals surface area contributed by atoms with E-state index in [9.17, 15) is 9.18 Å². The van der Waals surface area contributed by atoms with E-state index in [1.54, 1.807) is 12.1 Å². The van der Waals surface area contributed by atoms with Gasteiger partial charge < -0.3 is 9.14 Å². The van der Waals surface area contributed by atoms with Gasteiger partial charge in [0.1, 0.15) is 5.69 Å². The molecule has 0 spiro atoms. The zero-order valence-electron chi connectivity index (χ0n) is 13.0. The monoisotopic (exact) mass is 305 g/mol. The second kappa shape index (κ2) is 5.05. The Bertz CT molecular complexity index is 731. The average Bonchev–Trinajstić information content (AvgIpc) is 2.78. The van der Waals surface area contributed by atoms with Crippen molar-refractivity contribution < 1.29 is 13.9 Å². The number of fused-ring (bicyclic) bond motifs is 3. The maximum Gasteiger partial charge on any atom is 0.294 e. The first kappa shape index (κ1) is 15.0. The van der Waals surface area contributed by atoms with Crippen molar-refractivity contribution in [2.75, 3.05) is 0 Å². The van der Waals surface area contributed by atoms with E-state index in [1.807, 2.05) is 10.6 Å². The molecule has 5 nitrogen and oxygen atoms in total. The molecule has 22 heavy (non-hydrogen) atoms. The first-order valence-electron chi connectivity index (χ1n) is 7.37. The summed E-state index contributed by atoms with van der Waals surface area (Å²) in [5.74, 6) is 0.521. The molecule has 0 aliphatic heterocycles. The van der Waals surface area contributed by atoms with Crippen molar-refractivity contribution in [1.29, 1.82) is 0 Å². The molecule has 0 saturated carbocycles. The second-order valence-electron chi connectivity index (χ2n) is 6.84. The fourth-order valence-corrected chi connectivity index (χ4v) is 2.96. The Balaban J connectivity index is 2.12. The van der Waals surface area contributed by atoms with E-state index in [1.165, 1.54) is 0 Å². The SMILES string of the molecule is CC(C)(C)C1CC(=O)c2nc3c(OC(N)F)cccn3c2C1. The van der Waals surface area contributed by atoms with Crippen molar-refractivity contribution >= 4 is 11.4 Å². The third kappa shape index (κ3) is 2.47. The van der Waals surface area contributed by atoms with Gasteiger partial charge in [0.05, 0.1) is 5.69 Å². The summed E-state index contributed by atoms with van der Waals surface area (Å²) in [5.41, 5.74) is 6.85. The van der Waals surface area contributed by atoms with Crippen LogP contribution in [0.1, 0.15) is 43.4 Å². The van der Waals surface area contributed by atoms with Crippen LogP contribution in [0, 0.1) is 11.3 Å². The normalized spacial score (nSPS) is 20.0. The number of rotatable bonds is 2. The van der Waals surface area contributed by atoms with Crippen molar-refractivity contribution in [3.63, 3.8) is 0 Å². The molecule has 2 N–H and O–H groups in total. The van der Waals surface area contributed by atoms with Crippen LogP contribution in [0.2, 0.25) is 0 Å². The quantitative estimate of drug-likeness (QED) is 0.684. The number of carbonyl (C=O) groups is 1. The Morgan fingerprint density at radius 3 is 2.82 bits per heavy atom. The summed E-state index contributed by atoms with van der Waals surface area (Å²) in [6, 6.07) is 3.33. The summed E-state index contributed by atoms with van der Waals surface area (Å²) >= 11 is 0. The molecule has 0 bridgehead atoms. The summed E-state index contributed by atoms with van der Waals surface area (Å²) in [7, 11) is 0. The number of imidazole rings is 1. The van der Waals surface area contributed by atoms with Crippen LogP contribution < -0.4 is 10.5 Å². The summed E-state index contributed by atoms with van der Waals surface area (Å²) in [6.07, 6.45) is 3.06. The van der Waals surface area contributed by atoms with Crippen molar-refractivity contribution in [3.8, 4) is 5.75 Å². The minimum atomic E-state index is -1.92. The van der Waals surface area contributed by atoms with Gasteiger partial charge in [-0.3, -0.25) is 10.5 Å². The summed E-state index contributed by atoms with van der Waals surface area (Å²) in [5, 5.41) is 0. The van der Waals surface area contributed by atoms with Gasteiger partial charge in [0.25, 0.3) is 6.48 Å². The van der Waals surface area contributed by atoms with Gasteiger partial charge in [0, 0.05) is 12.6 Å². The van der Waals surface area contributed by atoms with Gasteiger partial charge in [-0.05, 0) is 29.9 Å². The lowest BCUT2D eigenvalue weighted by Gasteiger charge is -2.32. The number of ether oxygens (including phenoxy) is 1. The number of ketones is 1. The highest BCUT2D eigenvalue weighted by Crippen LogP contribution is 2.38. The highest BCUT2D eigenvalue weighted by molar-refractivity contribution is 5.97. The number of nitrogens with two attached hydrogens (primary N) is 1. The third-order valence-electron chi connectivity index (χ3n) is 4.31. The predicted octanol–water partition coefficient (Wildman–Crippen LogP) is 2.72. The molecule has 1 aliphatic carbocycles. The Kier molecular flexibility index (Phi) is 3.44. The molecule has 0 fully saturated rings. The maximum absolute atomic E-state index is 12.9. The van der Waals surface area contributed by atoms with Gasteiger partial charge in [-0.15, -0.1) is 0 Å². The fraction of sp³-hybridized carbons (Fsp3) is 0.500. The predicted molar refractivity (Wildman–Crippen MR) is 80.5 cm³/mol. The van der Waals surface area contributed by atoms with E-state index in [-0.39, 0.29) is 22.9 Å². The molecule has 118 valence electrons. The van der Waals surface area contributed by atoms with Gasteiger partial charge in [0.2, 0.25) is 0 Å². The third-order valence-corrected chi connectivity index (χ3v) is 4.31. The molecular weight excluding hydrogens is 285 g/mol. The number of hydrogen-bond donors (Lipinski definition) is 1. The highest BCUT2D eigenvalue weighted by Gasteiger charge is 2.36. The molecule has 2 atom stereocenters. The molecule has 2 aromatic rings. The van der Waals surface area contributed by atoms with Gasteiger partial charge in [0.15, 0.2) is 17.2 Å². The van der Waals surface area contributed by atoms with Crippen LogP contribution in [0.4, 0.5) is 4.39 Å². The minimum absolute atomic E-state index is 0.0281. The molecular formula is C16H20FN3O2. The number of carbonyl (C=O) groups excluding carboxylic acids is 1. The van der Waals surface area contributed by atoms with Crippen molar-refractivity contribution in [3.05, 3.63) is 29.7 Å². The number of alkyl halides is 1. The van der Waals surface area contributed by atoms with Gasteiger partial charge in [-0.2, -0.15) is 4.39 Å². The molecule has 2 aromatic heterocycles. The smallest absolute Gasteiger partial charge is 0.294 e. The van der Waals surface area contributed by atoms with Gasteiger partial charge in [-0.1, -0.05) is 20.8 Å². The second-order valence-corrected chi connectivity index (χ2v) is 6.84. The van der Waals surface area contributed by atoms with Crippen LogP contribution in [-0.4, -0.2) is 21.6 Å². The summed E-state index contributed by atoms with van der Waals surface area (Å²) in [4.78, 5) is 16.8. The van der Waals surface area contributed by atoms with E-state index in [2.05, 4.69) is 25.8 Å². The van der Waals surface area contributed by atoms with Crippen molar-refractivity contribution in [1.82, 2.24) is 9.38 Å². The van der Waals surface area contributed by atoms with Crippen LogP contribution >= 0.6 is 0 Å². The van der Waals surface area contributed by atoms with Crippen LogP contribution in [0.25, 0.3) is 5.65 Å². The topological polar surface area (TPSA) is 69.6 Å². The molecule has 2 heterocycles. The van der Waals surface area contributed by atoms with E-state index in [0.717, 1.165) is 12.1 Å². The minimum Gasteiger partial charge on any atom is -0.444 e. The molecule has 0 aromatic carbocycles. The van der Waals surface area contributed by atoms with Crippen LogP contribution in [-0.2, 0) is 6.42 Å². The van der Waals surface area contributed by atoms with Gasteiger partial charge in [-0.25, -0.2) is 4.98 Å². The van der Waals surface area contributed by atoms with Gasteiger partial charge >= 0.3 is 0 Å². The fourth-order valence-electron chi connectivity index (χ4n) is 2.96.